The largest absolute Gasteiger partial charge is 0.356 e. The summed E-state index contributed by atoms with van der Waals surface area (Å²) in [6, 6.07) is 10.6. The summed E-state index contributed by atoms with van der Waals surface area (Å²) in [5.74, 6) is 2.57. The molecular formula is C17H28IN3. The van der Waals surface area contributed by atoms with Crippen LogP contribution in [0.5, 0.6) is 0 Å². The van der Waals surface area contributed by atoms with Crippen molar-refractivity contribution in [3.63, 3.8) is 0 Å². The van der Waals surface area contributed by atoms with Crippen LogP contribution in [0.2, 0.25) is 0 Å². The Hall–Kier alpha value is -0.780. The molecule has 4 heteroatoms. The Bertz CT molecular complexity index is 423. The van der Waals surface area contributed by atoms with Gasteiger partial charge in [0.05, 0.1) is 0 Å². The van der Waals surface area contributed by atoms with Crippen molar-refractivity contribution in [1.82, 2.24) is 10.2 Å². The highest BCUT2D eigenvalue weighted by molar-refractivity contribution is 14.0. The van der Waals surface area contributed by atoms with Crippen molar-refractivity contribution in [2.24, 2.45) is 16.8 Å². The molecule has 1 aromatic rings. The van der Waals surface area contributed by atoms with Crippen LogP contribution in [0.15, 0.2) is 35.3 Å². The number of aliphatic imine (C=N–C) groups is 1. The molecule has 1 aromatic carbocycles. The number of hydrogen-bond donors (Lipinski definition) is 1. The van der Waals surface area contributed by atoms with E-state index in [4.69, 9.17) is 0 Å². The molecule has 1 saturated heterocycles. The number of halogens is 1. The Labute approximate surface area is 146 Å². The second kappa shape index (κ2) is 9.28. The van der Waals surface area contributed by atoms with Crippen LogP contribution in [-0.2, 0) is 6.42 Å². The maximum absolute atomic E-state index is 4.44. The fourth-order valence-electron chi connectivity index (χ4n) is 3.13. The fourth-order valence-corrected chi connectivity index (χ4v) is 3.13. The number of piperidine rings is 1. The van der Waals surface area contributed by atoms with E-state index in [1.54, 1.807) is 0 Å². The van der Waals surface area contributed by atoms with Crippen molar-refractivity contribution >= 4 is 29.9 Å². The van der Waals surface area contributed by atoms with Crippen molar-refractivity contribution in [2.45, 2.75) is 26.7 Å². The predicted molar refractivity (Wildman–Crippen MR) is 101 cm³/mol. The summed E-state index contributed by atoms with van der Waals surface area (Å²) < 4.78 is 0. The monoisotopic (exact) mass is 401 g/mol. The van der Waals surface area contributed by atoms with Gasteiger partial charge in [0.25, 0.3) is 0 Å². The summed E-state index contributed by atoms with van der Waals surface area (Å²) in [5.41, 5.74) is 1.37. The molecule has 0 aliphatic carbocycles. The highest BCUT2D eigenvalue weighted by Gasteiger charge is 2.23. The summed E-state index contributed by atoms with van der Waals surface area (Å²) in [6.45, 7) is 7.85. The Balaban J connectivity index is 0.00000220. The van der Waals surface area contributed by atoms with Gasteiger partial charge in [-0.25, -0.2) is 0 Å². The molecule has 21 heavy (non-hydrogen) atoms. The van der Waals surface area contributed by atoms with Gasteiger partial charge in [0, 0.05) is 26.7 Å². The van der Waals surface area contributed by atoms with Gasteiger partial charge in [-0.3, -0.25) is 4.99 Å². The molecule has 0 radical (unpaired) electrons. The number of hydrogen-bond acceptors (Lipinski definition) is 1. The lowest BCUT2D eigenvalue weighted by atomic mass is 9.92. The number of guanidine groups is 1. The van der Waals surface area contributed by atoms with Crippen molar-refractivity contribution in [3.05, 3.63) is 35.9 Å². The van der Waals surface area contributed by atoms with Crippen LogP contribution in [0.4, 0.5) is 0 Å². The molecule has 2 atom stereocenters. The molecular weight excluding hydrogens is 373 g/mol. The Kier molecular flexibility index (Phi) is 8.07. The molecule has 2 unspecified atom stereocenters. The standard InChI is InChI=1S/C17H27N3.HI/c1-14-11-15(2)13-20(12-14)17(18-3)19-10-9-16-7-5-4-6-8-16;/h4-8,14-15H,9-13H2,1-3H3,(H,18,19);1H. The maximum Gasteiger partial charge on any atom is 0.193 e. The minimum Gasteiger partial charge on any atom is -0.356 e. The van der Waals surface area contributed by atoms with E-state index in [1.807, 2.05) is 7.05 Å². The van der Waals surface area contributed by atoms with Gasteiger partial charge in [0.2, 0.25) is 0 Å². The van der Waals surface area contributed by atoms with Crippen LogP contribution in [0, 0.1) is 11.8 Å². The molecule has 0 bridgehead atoms. The molecule has 1 fully saturated rings. The second-order valence-electron chi connectivity index (χ2n) is 6.06. The first-order valence-electron chi connectivity index (χ1n) is 7.68. The minimum atomic E-state index is 0. The van der Waals surface area contributed by atoms with E-state index >= 15 is 0 Å². The molecule has 118 valence electrons. The fraction of sp³-hybridized carbons (Fsp3) is 0.588. The molecule has 0 saturated carbocycles. The topological polar surface area (TPSA) is 27.6 Å². The number of likely N-dealkylation sites (tertiary alicyclic amines) is 1. The first-order valence-corrected chi connectivity index (χ1v) is 7.68. The van der Waals surface area contributed by atoms with E-state index in [9.17, 15) is 0 Å². The first-order chi connectivity index (χ1) is 9.69. The van der Waals surface area contributed by atoms with Gasteiger partial charge in [0.15, 0.2) is 5.96 Å². The van der Waals surface area contributed by atoms with Crippen LogP contribution in [0.1, 0.15) is 25.8 Å². The molecule has 1 heterocycles. The van der Waals surface area contributed by atoms with Gasteiger partial charge in [0.1, 0.15) is 0 Å². The van der Waals surface area contributed by atoms with E-state index in [-0.39, 0.29) is 24.0 Å². The number of benzene rings is 1. The zero-order chi connectivity index (χ0) is 14.4. The molecule has 1 N–H and O–H groups in total. The first kappa shape index (κ1) is 18.3. The Morgan fingerprint density at radius 3 is 2.38 bits per heavy atom. The normalized spacial score (nSPS) is 22.6. The summed E-state index contributed by atoms with van der Waals surface area (Å²) in [4.78, 5) is 6.85. The lowest BCUT2D eigenvalue weighted by Gasteiger charge is -2.37. The third-order valence-corrected chi connectivity index (χ3v) is 3.92. The quantitative estimate of drug-likeness (QED) is 0.478. The Morgan fingerprint density at radius 2 is 1.81 bits per heavy atom. The van der Waals surface area contributed by atoms with Crippen molar-refractivity contribution in [2.75, 3.05) is 26.7 Å². The number of nitrogens with zero attached hydrogens (tertiary/aromatic N) is 2. The highest BCUT2D eigenvalue weighted by Crippen LogP contribution is 2.20. The summed E-state index contributed by atoms with van der Waals surface area (Å²) in [7, 11) is 1.88. The third-order valence-electron chi connectivity index (χ3n) is 3.92. The van der Waals surface area contributed by atoms with E-state index in [0.717, 1.165) is 43.9 Å². The lowest BCUT2D eigenvalue weighted by Crippen LogP contribution is -2.48. The minimum absolute atomic E-state index is 0. The molecule has 1 aliphatic rings. The number of nitrogens with one attached hydrogen (secondary N) is 1. The smallest absolute Gasteiger partial charge is 0.193 e. The van der Waals surface area contributed by atoms with Gasteiger partial charge in [-0.2, -0.15) is 0 Å². The zero-order valence-corrected chi connectivity index (χ0v) is 15.7. The van der Waals surface area contributed by atoms with Gasteiger partial charge in [-0.1, -0.05) is 44.2 Å². The van der Waals surface area contributed by atoms with E-state index in [0.29, 0.717) is 0 Å². The molecule has 0 spiro atoms. The van der Waals surface area contributed by atoms with E-state index < -0.39 is 0 Å². The highest BCUT2D eigenvalue weighted by atomic mass is 127. The molecule has 2 rings (SSSR count). The van der Waals surface area contributed by atoms with Gasteiger partial charge >= 0.3 is 0 Å². The van der Waals surface area contributed by atoms with Crippen molar-refractivity contribution in [3.8, 4) is 0 Å². The molecule has 1 aliphatic heterocycles. The average Bonchev–Trinajstić information content (AvgIpc) is 2.43. The van der Waals surface area contributed by atoms with Crippen molar-refractivity contribution < 1.29 is 0 Å². The second-order valence-corrected chi connectivity index (χ2v) is 6.06. The SMILES string of the molecule is CN=C(NCCc1ccccc1)N1CC(C)CC(C)C1.I. The van der Waals surface area contributed by atoms with Gasteiger partial charge in [-0.05, 0) is 30.2 Å². The average molecular weight is 401 g/mol. The van der Waals surface area contributed by atoms with E-state index in [2.05, 4.69) is 59.4 Å². The predicted octanol–water partition coefficient (Wildman–Crippen LogP) is 3.40. The number of rotatable bonds is 3. The lowest BCUT2D eigenvalue weighted by molar-refractivity contribution is 0.208. The van der Waals surface area contributed by atoms with Crippen LogP contribution >= 0.6 is 24.0 Å². The maximum atomic E-state index is 4.44. The molecule has 0 amide bonds. The zero-order valence-electron chi connectivity index (χ0n) is 13.4. The molecule has 3 nitrogen and oxygen atoms in total. The van der Waals surface area contributed by atoms with Crippen LogP contribution in [-0.4, -0.2) is 37.5 Å². The van der Waals surface area contributed by atoms with Gasteiger partial charge < -0.3 is 10.2 Å². The van der Waals surface area contributed by atoms with Crippen LogP contribution in [0.3, 0.4) is 0 Å². The summed E-state index contributed by atoms with van der Waals surface area (Å²) in [6.07, 6.45) is 2.37. The Morgan fingerprint density at radius 1 is 1.19 bits per heavy atom. The van der Waals surface area contributed by atoms with Crippen LogP contribution < -0.4 is 5.32 Å². The third kappa shape index (κ3) is 5.85. The summed E-state index contributed by atoms with van der Waals surface area (Å²) >= 11 is 0. The summed E-state index contributed by atoms with van der Waals surface area (Å²) in [5, 5.41) is 3.50. The van der Waals surface area contributed by atoms with Crippen molar-refractivity contribution in [1.29, 1.82) is 0 Å². The van der Waals surface area contributed by atoms with Crippen LogP contribution in [0.25, 0.3) is 0 Å². The van der Waals surface area contributed by atoms with Gasteiger partial charge in [-0.15, -0.1) is 24.0 Å². The molecule has 0 aromatic heterocycles. The van der Waals surface area contributed by atoms with E-state index in [1.165, 1.54) is 12.0 Å².